The topological polar surface area (TPSA) is 75.3 Å². The average molecular weight is 440 g/mol. The highest BCUT2D eigenvalue weighted by Crippen LogP contribution is 2.28. The molecule has 2 heterocycles. The SMILES string of the molecule is COC(=O)c1ccc(C(=O)N2CCCc3ccc(-c4ccc5[nH]c(C)nc5c4)cc3C2)cc1. The summed E-state index contributed by atoms with van der Waals surface area (Å²) in [5.41, 5.74) is 7.67. The molecule has 0 atom stereocenters. The van der Waals surface area contributed by atoms with Crippen LogP contribution in [0.25, 0.3) is 22.2 Å². The lowest BCUT2D eigenvalue weighted by molar-refractivity contribution is 0.0599. The van der Waals surface area contributed by atoms with Crippen LogP contribution in [-0.4, -0.2) is 40.4 Å². The number of esters is 1. The summed E-state index contributed by atoms with van der Waals surface area (Å²) in [7, 11) is 1.35. The zero-order valence-corrected chi connectivity index (χ0v) is 18.7. The van der Waals surface area contributed by atoms with Gasteiger partial charge in [-0.3, -0.25) is 4.79 Å². The number of methoxy groups -OCH3 is 1. The lowest BCUT2D eigenvalue weighted by atomic mass is 9.97. The summed E-state index contributed by atoms with van der Waals surface area (Å²) in [5.74, 6) is 0.462. The van der Waals surface area contributed by atoms with Crippen LogP contribution in [0.4, 0.5) is 0 Å². The van der Waals surface area contributed by atoms with Crippen molar-refractivity contribution in [1.29, 1.82) is 0 Å². The van der Waals surface area contributed by atoms with Crippen molar-refractivity contribution in [2.24, 2.45) is 0 Å². The van der Waals surface area contributed by atoms with Gasteiger partial charge < -0.3 is 14.6 Å². The van der Waals surface area contributed by atoms with Crippen LogP contribution in [0.15, 0.2) is 60.7 Å². The molecule has 3 aromatic carbocycles. The summed E-state index contributed by atoms with van der Waals surface area (Å²) in [6, 6.07) is 19.5. The fourth-order valence-electron chi connectivity index (χ4n) is 4.48. The Morgan fingerprint density at radius 1 is 0.939 bits per heavy atom. The Hall–Kier alpha value is -3.93. The Kier molecular flexibility index (Phi) is 5.42. The molecule has 0 saturated heterocycles. The second kappa shape index (κ2) is 8.54. The number of hydrogen-bond acceptors (Lipinski definition) is 4. The van der Waals surface area contributed by atoms with Gasteiger partial charge in [0.2, 0.25) is 0 Å². The zero-order chi connectivity index (χ0) is 22.9. The Labute approximate surface area is 192 Å². The first-order valence-electron chi connectivity index (χ1n) is 11.1. The monoisotopic (exact) mass is 439 g/mol. The summed E-state index contributed by atoms with van der Waals surface area (Å²) in [4.78, 5) is 34.6. The van der Waals surface area contributed by atoms with Gasteiger partial charge in [-0.15, -0.1) is 0 Å². The van der Waals surface area contributed by atoms with E-state index in [4.69, 9.17) is 4.74 Å². The molecule has 1 N–H and O–H groups in total. The molecular formula is C27H25N3O3. The third-order valence-corrected chi connectivity index (χ3v) is 6.22. The first kappa shape index (κ1) is 20.9. The van der Waals surface area contributed by atoms with Crippen molar-refractivity contribution in [3.05, 3.63) is 88.7 Å². The summed E-state index contributed by atoms with van der Waals surface area (Å²) in [6.07, 6.45) is 1.86. The molecule has 1 aliphatic heterocycles. The number of rotatable bonds is 3. The molecule has 33 heavy (non-hydrogen) atoms. The number of nitrogens with zero attached hydrogens (tertiary/aromatic N) is 2. The molecule has 1 aromatic heterocycles. The largest absolute Gasteiger partial charge is 0.465 e. The summed E-state index contributed by atoms with van der Waals surface area (Å²) in [6.45, 7) is 3.21. The van der Waals surface area contributed by atoms with Gasteiger partial charge in [0, 0.05) is 18.7 Å². The smallest absolute Gasteiger partial charge is 0.337 e. The van der Waals surface area contributed by atoms with Crippen molar-refractivity contribution >= 4 is 22.9 Å². The molecule has 0 saturated carbocycles. The van der Waals surface area contributed by atoms with Gasteiger partial charge in [0.05, 0.1) is 23.7 Å². The van der Waals surface area contributed by atoms with E-state index in [1.54, 1.807) is 24.3 Å². The number of hydrogen-bond donors (Lipinski definition) is 1. The van der Waals surface area contributed by atoms with Crippen molar-refractivity contribution in [3.63, 3.8) is 0 Å². The molecule has 1 amide bonds. The molecule has 0 radical (unpaired) electrons. The van der Waals surface area contributed by atoms with Gasteiger partial charge in [-0.05, 0) is 84.5 Å². The zero-order valence-electron chi connectivity index (χ0n) is 18.7. The fraction of sp³-hybridized carbons (Fsp3) is 0.222. The lowest BCUT2D eigenvalue weighted by Crippen LogP contribution is -2.30. The Morgan fingerprint density at radius 3 is 2.45 bits per heavy atom. The van der Waals surface area contributed by atoms with E-state index in [1.807, 2.05) is 11.8 Å². The summed E-state index contributed by atoms with van der Waals surface area (Å²) in [5, 5.41) is 0. The first-order valence-corrected chi connectivity index (χ1v) is 11.1. The van der Waals surface area contributed by atoms with E-state index in [1.165, 1.54) is 18.2 Å². The van der Waals surface area contributed by atoms with Crippen LogP contribution in [0.3, 0.4) is 0 Å². The van der Waals surface area contributed by atoms with Crippen LogP contribution in [0.1, 0.15) is 44.1 Å². The molecule has 5 rings (SSSR count). The van der Waals surface area contributed by atoms with Crippen molar-refractivity contribution in [3.8, 4) is 11.1 Å². The van der Waals surface area contributed by atoms with Gasteiger partial charge >= 0.3 is 5.97 Å². The highest BCUT2D eigenvalue weighted by molar-refractivity contribution is 5.96. The molecule has 0 unspecified atom stereocenters. The number of amides is 1. The van der Waals surface area contributed by atoms with Crippen LogP contribution in [0.2, 0.25) is 0 Å². The van der Waals surface area contributed by atoms with Crippen molar-refractivity contribution in [2.75, 3.05) is 13.7 Å². The number of benzene rings is 3. The van der Waals surface area contributed by atoms with E-state index in [0.29, 0.717) is 24.2 Å². The van der Waals surface area contributed by atoms with Crippen LogP contribution in [0, 0.1) is 6.92 Å². The normalized spacial score (nSPS) is 13.5. The summed E-state index contributed by atoms with van der Waals surface area (Å²) < 4.78 is 4.74. The van der Waals surface area contributed by atoms with E-state index in [2.05, 4.69) is 46.4 Å². The Bertz CT molecular complexity index is 1360. The van der Waals surface area contributed by atoms with Gasteiger partial charge in [-0.1, -0.05) is 18.2 Å². The van der Waals surface area contributed by atoms with Gasteiger partial charge in [-0.25, -0.2) is 9.78 Å². The maximum Gasteiger partial charge on any atom is 0.337 e. The van der Waals surface area contributed by atoms with Crippen LogP contribution in [-0.2, 0) is 17.7 Å². The number of H-pyrrole nitrogens is 1. The minimum Gasteiger partial charge on any atom is -0.465 e. The number of fused-ring (bicyclic) bond motifs is 2. The molecule has 166 valence electrons. The number of ether oxygens (including phenoxy) is 1. The number of aromatic nitrogens is 2. The molecule has 1 aliphatic rings. The minimum atomic E-state index is -0.409. The molecule has 0 aliphatic carbocycles. The third kappa shape index (κ3) is 4.12. The second-order valence-electron chi connectivity index (χ2n) is 8.44. The number of nitrogens with one attached hydrogen (secondary N) is 1. The summed E-state index contributed by atoms with van der Waals surface area (Å²) >= 11 is 0. The van der Waals surface area contributed by atoms with E-state index in [0.717, 1.165) is 40.8 Å². The molecule has 6 heteroatoms. The number of aryl methyl sites for hydroxylation is 2. The van der Waals surface area contributed by atoms with Gasteiger partial charge in [-0.2, -0.15) is 0 Å². The average Bonchev–Trinajstić information content (AvgIpc) is 3.08. The molecular weight excluding hydrogens is 414 g/mol. The molecule has 6 nitrogen and oxygen atoms in total. The van der Waals surface area contributed by atoms with Gasteiger partial charge in [0.25, 0.3) is 5.91 Å². The number of aromatic amines is 1. The maximum absolute atomic E-state index is 13.2. The standard InChI is InChI=1S/C27H25N3O3/c1-17-28-24-12-11-22(15-25(24)29-17)21-10-5-18-4-3-13-30(16-23(18)14-21)26(31)19-6-8-20(9-7-19)27(32)33-2/h5-12,14-15H,3-4,13,16H2,1-2H3,(H,28,29). The van der Waals surface area contributed by atoms with Crippen LogP contribution >= 0.6 is 0 Å². The van der Waals surface area contributed by atoms with E-state index in [-0.39, 0.29) is 5.91 Å². The van der Waals surface area contributed by atoms with Gasteiger partial charge in [0.15, 0.2) is 0 Å². The minimum absolute atomic E-state index is 0.0295. The highest BCUT2D eigenvalue weighted by atomic mass is 16.5. The van der Waals surface area contributed by atoms with Crippen LogP contribution < -0.4 is 0 Å². The third-order valence-electron chi connectivity index (χ3n) is 6.22. The van der Waals surface area contributed by atoms with E-state index >= 15 is 0 Å². The molecule has 0 bridgehead atoms. The number of carbonyl (C=O) groups excluding carboxylic acids is 2. The first-order chi connectivity index (χ1) is 16.0. The van der Waals surface area contributed by atoms with Crippen LogP contribution in [0.5, 0.6) is 0 Å². The van der Waals surface area contributed by atoms with Gasteiger partial charge in [0.1, 0.15) is 5.82 Å². The Balaban J connectivity index is 1.41. The van der Waals surface area contributed by atoms with Crippen molar-refractivity contribution < 1.29 is 14.3 Å². The lowest BCUT2D eigenvalue weighted by Gasteiger charge is -2.21. The molecule has 0 spiro atoms. The second-order valence-corrected chi connectivity index (χ2v) is 8.44. The number of carbonyl (C=O) groups is 2. The van der Waals surface area contributed by atoms with Crippen molar-refractivity contribution in [2.45, 2.75) is 26.3 Å². The maximum atomic E-state index is 13.2. The quantitative estimate of drug-likeness (QED) is 0.460. The van der Waals surface area contributed by atoms with Crippen molar-refractivity contribution in [1.82, 2.24) is 14.9 Å². The Morgan fingerprint density at radius 2 is 1.67 bits per heavy atom. The number of imidazole rings is 1. The highest BCUT2D eigenvalue weighted by Gasteiger charge is 2.21. The predicted octanol–water partition coefficient (Wildman–Crippen LogP) is 4.91. The molecule has 4 aromatic rings. The predicted molar refractivity (Wildman–Crippen MR) is 127 cm³/mol. The fourth-order valence-corrected chi connectivity index (χ4v) is 4.48. The molecule has 0 fully saturated rings. The van der Waals surface area contributed by atoms with E-state index < -0.39 is 5.97 Å². The van der Waals surface area contributed by atoms with E-state index in [9.17, 15) is 9.59 Å².